The number of hydrazone groups is 1. The number of halogens is 1. The zero-order valence-electron chi connectivity index (χ0n) is 16.7. The number of aryl methyl sites for hydroxylation is 1. The average molecular weight is 438 g/mol. The fourth-order valence-electron chi connectivity index (χ4n) is 3.39. The fraction of sp³-hybridized carbons (Fsp3) is 0.174. The Bertz CT molecular complexity index is 1140. The lowest BCUT2D eigenvalue weighted by atomic mass is 10.0. The number of amides is 2. The summed E-state index contributed by atoms with van der Waals surface area (Å²) >= 11 is 5.92. The third-order valence-corrected chi connectivity index (χ3v) is 5.22. The van der Waals surface area contributed by atoms with Crippen LogP contribution in [0.3, 0.4) is 0 Å². The molecule has 0 fully saturated rings. The molecule has 1 aromatic heterocycles. The van der Waals surface area contributed by atoms with Crippen LogP contribution >= 0.6 is 11.6 Å². The summed E-state index contributed by atoms with van der Waals surface area (Å²) in [6.07, 6.45) is 2.07. The van der Waals surface area contributed by atoms with Gasteiger partial charge in [-0.05, 0) is 42.8 Å². The lowest BCUT2D eigenvalue weighted by molar-refractivity contribution is -0.135. The number of furan rings is 1. The van der Waals surface area contributed by atoms with Crippen molar-refractivity contribution in [1.29, 1.82) is 0 Å². The molecule has 0 radical (unpaired) electrons. The number of hydrogen-bond acceptors (Lipinski definition) is 5. The summed E-state index contributed by atoms with van der Waals surface area (Å²) in [4.78, 5) is 24.7. The minimum atomic E-state index is -0.695. The highest BCUT2D eigenvalue weighted by atomic mass is 35.5. The largest absolute Gasteiger partial charge is 0.483 e. The Kier molecular flexibility index (Phi) is 5.77. The number of nitrogens with zero attached hydrogens (tertiary/aromatic N) is 2. The van der Waals surface area contributed by atoms with Gasteiger partial charge in [-0.3, -0.25) is 9.59 Å². The van der Waals surface area contributed by atoms with Gasteiger partial charge in [0.1, 0.15) is 17.6 Å². The highest BCUT2D eigenvalue weighted by Crippen LogP contribution is 2.33. The van der Waals surface area contributed by atoms with Gasteiger partial charge in [-0.15, -0.1) is 0 Å². The highest BCUT2D eigenvalue weighted by molar-refractivity contribution is 6.31. The molecule has 2 N–H and O–H groups in total. The molecule has 0 unspecified atom stereocenters. The molecule has 31 heavy (non-hydrogen) atoms. The quantitative estimate of drug-likeness (QED) is 0.627. The van der Waals surface area contributed by atoms with Gasteiger partial charge in [-0.1, -0.05) is 41.4 Å². The molecule has 0 spiro atoms. The molecular weight excluding hydrogens is 418 g/mol. The standard InChI is InChI=1S/C23H20ClN3O4/c1-14-4-6-15(7-5-14)18-12-19(21-3-2-10-30-21)27(26-18)22(28)13-31-20-9-8-16(24)11-17(20)23(25)29/h2-11,19H,12-13H2,1H3,(H2,25,29)/t19-/m0/s1. The van der Waals surface area contributed by atoms with Gasteiger partial charge in [0.25, 0.3) is 11.8 Å². The Morgan fingerprint density at radius 2 is 2.00 bits per heavy atom. The third-order valence-electron chi connectivity index (χ3n) is 4.98. The fourth-order valence-corrected chi connectivity index (χ4v) is 3.56. The highest BCUT2D eigenvalue weighted by Gasteiger charge is 2.35. The molecule has 1 aliphatic rings. The smallest absolute Gasteiger partial charge is 0.281 e. The zero-order chi connectivity index (χ0) is 22.0. The minimum Gasteiger partial charge on any atom is -0.483 e. The molecule has 0 saturated carbocycles. The number of rotatable bonds is 6. The van der Waals surface area contributed by atoms with Gasteiger partial charge in [0.2, 0.25) is 0 Å². The SMILES string of the molecule is Cc1ccc(C2=NN(C(=O)COc3ccc(Cl)cc3C(N)=O)[C@H](c3ccco3)C2)cc1. The predicted octanol–water partition coefficient (Wildman–Crippen LogP) is 4.10. The van der Waals surface area contributed by atoms with Gasteiger partial charge in [0, 0.05) is 11.4 Å². The molecule has 2 heterocycles. The number of carbonyl (C=O) groups is 2. The van der Waals surface area contributed by atoms with E-state index in [-0.39, 0.29) is 29.9 Å². The summed E-state index contributed by atoms with van der Waals surface area (Å²) in [5.74, 6) is -0.265. The Hall–Kier alpha value is -3.58. The number of hydrogen-bond donors (Lipinski definition) is 1. The summed E-state index contributed by atoms with van der Waals surface area (Å²) in [6, 6.07) is 15.6. The van der Waals surface area contributed by atoms with E-state index in [1.165, 1.54) is 17.1 Å². The average Bonchev–Trinajstić information content (AvgIpc) is 3.43. The summed E-state index contributed by atoms with van der Waals surface area (Å²) in [5, 5.41) is 6.27. The molecule has 3 aromatic rings. The van der Waals surface area contributed by atoms with Gasteiger partial charge in [-0.2, -0.15) is 5.10 Å². The summed E-state index contributed by atoms with van der Waals surface area (Å²) in [6.45, 7) is 1.68. The van der Waals surface area contributed by atoms with Gasteiger partial charge in [0.15, 0.2) is 6.61 Å². The molecule has 4 rings (SSSR count). The predicted molar refractivity (Wildman–Crippen MR) is 116 cm³/mol. The Balaban J connectivity index is 1.57. The van der Waals surface area contributed by atoms with Crippen molar-refractivity contribution in [2.75, 3.05) is 6.61 Å². The number of primary amides is 1. The van der Waals surface area contributed by atoms with Crippen molar-refractivity contribution in [3.8, 4) is 5.75 Å². The minimum absolute atomic E-state index is 0.105. The second kappa shape index (κ2) is 8.65. The van der Waals surface area contributed by atoms with E-state index < -0.39 is 5.91 Å². The second-order valence-electron chi connectivity index (χ2n) is 7.18. The lowest BCUT2D eigenvalue weighted by Gasteiger charge is -2.20. The molecule has 0 saturated heterocycles. The lowest BCUT2D eigenvalue weighted by Crippen LogP contribution is -2.31. The first-order chi connectivity index (χ1) is 14.9. The van der Waals surface area contributed by atoms with E-state index in [1.807, 2.05) is 37.3 Å². The normalized spacial score (nSPS) is 15.6. The molecule has 1 atom stereocenters. The summed E-state index contributed by atoms with van der Waals surface area (Å²) in [7, 11) is 0. The van der Waals surface area contributed by atoms with E-state index in [0.29, 0.717) is 17.2 Å². The monoisotopic (exact) mass is 437 g/mol. The number of ether oxygens (including phenoxy) is 1. The zero-order valence-corrected chi connectivity index (χ0v) is 17.5. The van der Waals surface area contributed by atoms with Crippen LogP contribution < -0.4 is 10.5 Å². The van der Waals surface area contributed by atoms with Crippen LogP contribution in [0.15, 0.2) is 70.4 Å². The van der Waals surface area contributed by atoms with E-state index in [2.05, 4.69) is 5.10 Å². The molecule has 0 aliphatic carbocycles. The first-order valence-corrected chi connectivity index (χ1v) is 10.0. The molecular formula is C23H20ClN3O4. The van der Waals surface area contributed by atoms with Crippen molar-refractivity contribution in [2.45, 2.75) is 19.4 Å². The van der Waals surface area contributed by atoms with Crippen molar-refractivity contribution in [3.05, 3.63) is 88.3 Å². The maximum Gasteiger partial charge on any atom is 0.281 e. The topological polar surface area (TPSA) is 98.1 Å². The van der Waals surface area contributed by atoms with Crippen molar-refractivity contribution >= 4 is 29.1 Å². The molecule has 1 aliphatic heterocycles. The van der Waals surface area contributed by atoms with E-state index in [4.69, 9.17) is 26.5 Å². The van der Waals surface area contributed by atoms with Crippen molar-refractivity contribution in [2.24, 2.45) is 10.8 Å². The van der Waals surface area contributed by atoms with Crippen LogP contribution in [-0.2, 0) is 4.79 Å². The van der Waals surface area contributed by atoms with Gasteiger partial charge in [0.05, 0.1) is 17.5 Å². The van der Waals surface area contributed by atoms with Crippen LogP contribution in [0.4, 0.5) is 0 Å². The maximum atomic E-state index is 13.0. The summed E-state index contributed by atoms with van der Waals surface area (Å²) in [5.41, 5.74) is 8.34. The molecule has 2 aromatic carbocycles. The van der Waals surface area contributed by atoms with Crippen LogP contribution in [0, 0.1) is 6.92 Å². The van der Waals surface area contributed by atoms with Crippen LogP contribution in [0.2, 0.25) is 5.02 Å². The van der Waals surface area contributed by atoms with Gasteiger partial charge in [-0.25, -0.2) is 5.01 Å². The Morgan fingerprint density at radius 3 is 2.68 bits per heavy atom. The maximum absolute atomic E-state index is 13.0. The van der Waals surface area contributed by atoms with Crippen LogP contribution in [0.25, 0.3) is 0 Å². The second-order valence-corrected chi connectivity index (χ2v) is 7.62. The van der Waals surface area contributed by atoms with E-state index in [0.717, 1.165) is 16.8 Å². The first-order valence-electron chi connectivity index (χ1n) is 9.64. The van der Waals surface area contributed by atoms with Gasteiger partial charge < -0.3 is 14.9 Å². The van der Waals surface area contributed by atoms with Crippen LogP contribution in [0.5, 0.6) is 5.75 Å². The van der Waals surface area contributed by atoms with Crippen molar-refractivity contribution < 1.29 is 18.7 Å². The molecule has 2 amide bonds. The molecule has 158 valence electrons. The summed E-state index contributed by atoms with van der Waals surface area (Å²) < 4.78 is 11.1. The Labute approximate surface area is 184 Å². The molecule has 7 nitrogen and oxygen atoms in total. The molecule has 0 bridgehead atoms. The van der Waals surface area contributed by atoms with Crippen molar-refractivity contribution in [1.82, 2.24) is 5.01 Å². The van der Waals surface area contributed by atoms with E-state index in [1.54, 1.807) is 18.4 Å². The molecule has 8 heteroatoms. The van der Waals surface area contributed by atoms with Crippen molar-refractivity contribution in [3.63, 3.8) is 0 Å². The van der Waals surface area contributed by atoms with Crippen LogP contribution in [-0.4, -0.2) is 29.1 Å². The number of nitrogens with two attached hydrogens (primary N) is 1. The van der Waals surface area contributed by atoms with Gasteiger partial charge >= 0.3 is 0 Å². The number of carbonyl (C=O) groups excluding carboxylic acids is 2. The van der Waals surface area contributed by atoms with Crippen LogP contribution in [0.1, 0.15) is 39.7 Å². The Morgan fingerprint density at radius 1 is 1.23 bits per heavy atom. The first kappa shape index (κ1) is 20.7. The third kappa shape index (κ3) is 4.46. The van der Waals surface area contributed by atoms with E-state index >= 15 is 0 Å². The van der Waals surface area contributed by atoms with E-state index in [9.17, 15) is 9.59 Å². The number of benzene rings is 2.